The van der Waals surface area contributed by atoms with Crippen molar-refractivity contribution >= 4 is 23.8 Å². The van der Waals surface area contributed by atoms with E-state index in [0.29, 0.717) is 23.3 Å². The molecule has 1 aliphatic heterocycles. The van der Waals surface area contributed by atoms with E-state index in [9.17, 15) is 19.2 Å². The summed E-state index contributed by atoms with van der Waals surface area (Å²) in [5, 5.41) is 9.06. The Bertz CT molecular complexity index is 899. The van der Waals surface area contributed by atoms with Crippen molar-refractivity contribution in [3.63, 3.8) is 0 Å². The molecule has 7 nitrogen and oxygen atoms in total. The van der Waals surface area contributed by atoms with Crippen LogP contribution in [0, 0.1) is 0 Å². The van der Waals surface area contributed by atoms with Gasteiger partial charge in [-0.1, -0.05) is 24.3 Å². The van der Waals surface area contributed by atoms with Gasteiger partial charge in [0.15, 0.2) is 0 Å². The van der Waals surface area contributed by atoms with E-state index in [4.69, 9.17) is 9.84 Å². The maximum absolute atomic E-state index is 12.8. The lowest BCUT2D eigenvalue weighted by Crippen LogP contribution is -2.41. The number of carbonyl (C=O) groups excluding carboxylic acids is 3. The van der Waals surface area contributed by atoms with Crippen LogP contribution in [0.3, 0.4) is 0 Å². The molecule has 28 heavy (non-hydrogen) atoms. The topological polar surface area (TPSA) is 101 Å². The van der Waals surface area contributed by atoms with Gasteiger partial charge in [0, 0.05) is 19.4 Å². The third-order valence-corrected chi connectivity index (χ3v) is 4.54. The molecule has 0 fully saturated rings. The summed E-state index contributed by atoms with van der Waals surface area (Å²) in [6, 6.07) is 12.7. The molecular weight excluding hydrogens is 362 g/mol. The van der Waals surface area contributed by atoms with E-state index in [2.05, 4.69) is 0 Å². The van der Waals surface area contributed by atoms with Crippen molar-refractivity contribution in [2.75, 3.05) is 0 Å². The maximum atomic E-state index is 12.8. The zero-order valence-electron chi connectivity index (χ0n) is 15.3. The van der Waals surface area contributed by atoms with Crippen molar-refractivity contribution < 1.29 is 29.0 Å². The molecular formula is C21H19NO6. The van der Waals surface area contributed by atoms with Crippen molar-refractivity contribution in [1.29, 1.82) is 0 Å². The number of imide groups is 1. The van der Waals surface area contributed by atoms with Gasteiger partial charge < -0.3 is 9.84 Å². The van der Waals surface area contributed by atoms with Gasteiger partial charge in [-0.25, -0.2) is 0 Å². The molecule has 0 aromatic heterocycles. The Morgan fingerprint density at radius 2 is 1.57 bits per heavy atom. The Morgan fingerprint density at radius 1 is 1.00 bits per heavy atom. The highest BCUT2D eigenvalue weighted by Crippen LogP contribution is 2.28. The van der Waals surface area contributed by atoms with Crippen LogP contribution in [-0.2, 0) is 16.0 Å². The van der Waals surface area contributed by atoms with Crippen molar-refractivity contribution in [3.05, 3.63) is 65.2 Å². The van der Waals surface area contributed by atoms with E-state index >= 15 is 0 Å². The highest BCUT2D eigenvalue weighted by molar-refractivity contribution is 6.21. The Balaban J connectivity index is 1.84. The zero-order valence-corrected chi connectivity index (χ0v) is 15.3. The summed E-state index contributed by atoms with van der Waals surface area (Å²) >= 11 is 0. The van der Waals surface area contributed by atoms with Crippen LogP contribution in [0.15, 0.2) is 48.5 Å². The molecule has 1 unspecified atom stereocenters. The van der Waals surface area contributed by atoms with Gasteiger partial charge in [-0.15, -0.1) is 0 Å². The SMILES string of the molecule is CC(=O)Oc1ccc(CC(CCC(=O)O)N2C(=O)c3ccccc3C2=O)cc1. The number of rotatable bonds is 7. The molecule has 1 heterocycles. The minimum Gasteiger partial charge on any atom is -0.481 e. The number of nitrogens with zero attached hydrogens (tertiary/aromatic N) is 1. The third kappa shape index (κ3) is 4.09. The van der Waals surface area contributed by atoms with E-state index < -0.39 is 29.8 Å². The molecule has 2 aromatic carbocycles. The lowest BCUT2D eigenvalue weighted by molar-refractivity contribution is -0.137. The van der Waals surface area contributed by atoms with Crippen molar-refractivity contribution in [1.82, 2.24) is 4.90 Å². The number of carbonyl (C=O) groups is 4. The zero-order chi connectivity index (χ0) is 20.3. The fourth-order valence-electron chi connectivity index (χ4n) is 3.28. The van der Waals surface area contributed by atoms with Gasteiger partial charge in [0.05, 0.1) is 11.1 Å². The van der Waals surface area contributed by atoms with Crippen LogP contribution in [0.25, 0.3) is 0 Å². The Morgan fingerprint density at radius 3 is 2.07 bits per heavy atom. The number of benzene rings is 2. The Labute approximate surface area is 161 Å². The lowest BCUT2D eigenvalue weighted by atomic mass is 10.00. The molecule has 0 spiro atoms. The highest BCUT2D eigenvalue weighted by Gasteiger charge is 2.39. The van der Waals surface area contributed by atoms with Crippen LogP contribution in [0.1, 0.15) is 46.0 Å². The van der Waals surface area contributed by atoms with Crippen LogP contribution in [0.4, 0.5) is 0 Å². The molecule has 0 aliphatic carbocycles. The number of ether oxygens (including phenoxy) is 1. The van der Waals surface area contributed by atoms with Gasteiger partial charge in [-0.3, -0.25) is 24.1 Å². The number of esters is 1. The largest absolute Gasteiger partial charge is 0.481 e. The summed E-state index contributed by atoms with van der Waals surface area (Å²) in [6.07, 6.45) is 0.287. The van der Waals surface area contributed by atoms with Crippen LogP contribution in [-0.4, -0.2) is 39.8 Å². The lowest BCUT2D eigenvalue weighted by Gasteiger charge is -2.26. The van der Waals surface area contributed by atoms with Crippen LogP contribution >= 0.6 is 0 Å². The Kier molecular flexibility index (Phi) is 5.54. The number of fused-ring (bicyclic) bond motifs is 1. The molecule has 2 amide bonds. The molecule has 3 rings (SSSR count). The molecule has 0 saturated carbocycles. The number of carboxylic acids is 1. The van der Waals surface area contributed by atoms with Gasteiger partial charge in [-0.2, -0.15) is 0 Å². The predicted octanol–water partition coefficient (Wildman–Crippen LogP) is 2.68. The summed E-state index contributed by atoms with van der Waals surface area (Å²) in [6.45, 7) is 1.30. The van der Waals surface area contributed by atoms with E-state index in [-0.39, 0.29) is 12.8 Å². The summed E-state index contributed by atoms with van der Waals surface area (Å²) in [7, 11) is 0. The highest BCUT2D eigenvalue weighted by atomic mass is 16.5. The molecule has 1 aliphatic rings. The quantitative estimate of drug-likeness (QED) is 0.450. The second kappa shape index (κ2) is 8.04. The third-order valence-electron chi connectivity index (χ3n) is 4.54. The van der Waals surface area contributed by atoms with Crippen LogP contribution in [0.2, 0.25) is 0 Å². The minimum absolute atomic E-state index is 0.145. The molecule has 1 N–H and O–H groups in total. The first-order valence-electron chi connectivity index (χ1n) is 8.83. The smallest absolute Gasteiger partial charge is 0.308 e. The van der Waals surface area contributed by atoms with Gasteiger partial charge in [-0.05, 0) is 42.7 Å². The molecule has 0 radical (unpaired) electrons. The first-order chi connectivity index (χ1) is 13.4. The number of aliphatic carboxylic acids is 1. The van der Waals surface area contributed by atoms with Gasteiger partial charge in [0.2, 0.25) is 0 Å². The fourth-order valence-corrected chi connectivity index (χ4v) is 3.28. The van der Waals surface area contributed by atoms with E-state index in [1.54, 1.807) is 48.5 Å². The molecule has 2 aromatic rings. The number of carboxylic acid groups (broad SMARTS) is 1. The maximum Gasteiger partial charge on any atom is 0.308 e. The average molecular weight is 381 g/mol. The van der Waals surface area contributed by atoms with Crippen LogP contribution in [0.5, 0.6) is 5.75 Å². The minimum atomic E-state index is -0.994. The summed E-state index contributed by atoms with van der Waals surface area (Å²) in [4.78, 5) is 48.8. The molecule has 7 heteroatoms. The van der Waals surface area contributed by atoms with Gasteiger partial charge in [0.25, 0.3) is 11.8 Å². The Hall–Kier alpha value is -3.48. The van der Waals surface area contributed by atoms with Gasteiger partial charge in [0.1, 0.15) is 5.75 Å². The van der Waals surface area contributed by atoms with Crippen LogP contribution < -0.4 is 4.74 Å². The molecule has 0 bridgehead atoms. The number of amides is 2. The summed E-state index contributed by atoms with van der Waals surface area (Å²) in [5.41, 5.74) is 1.46. The number of hydrogen-bond donors (Lipinski definition) is 1. The van der Waals surface area contributed by atoms with E-state index in [1.807, 2.05) is 0 Å². The summed E-state index contributed by atoms with van der Waals surface area (Å²) < 4.78 is 4.99. The molecule has 0 saturated heterocycles. The predicted molar refractivity (Wildman–Crippen MR) is 99.1 cm³/mol. The fraction of sp³-hybridized carbons (Fsp3) is 0.238. The second-order valence-electron chi connectivity index (χ2n) is 6.55. The summed E-state index contributed by atoms with van der Waals surface area (Å²) in [5.74, 6) is -1.86. The van der Waals surface area contributed by atoms with E-state index in [1.165, 1.54) is 6.92 Å². The van der Waals surface area contributed by atoms with Crippen molar-refractivity contribution in [2.45, 2.75) is 32.2 Å². The normalized spacial score (nSPS) is 14.0. The standard InChI is InChI=1S/C21H19NO6/c1-13(23)28-16-9-6-14(7-10-16)12-15(8-11-19(24)25)22-20(26)17-4-2-3-5-18(17)21(22)27/h2-7,9-10,15H,8,11-12H2,1H3,(H,24,25). The first kappa shape index (κ1) is 19.3. The first-order valence-corrected chi connectivity index (χ1v) is 8.83. The van der Waals surface area contributed by atoms with E-state index in [0.717, 1.165) is 10.5 Å². The molecule has 1 atom stereocenters. The second-order valence-corrected chi connectivity index (χ2v) is 6.55. The molecule has 144 valence electrons. The number of hydrogen-bond acceptors (Lipinski definition) is 5. The monoisotopic (exact) mass is 381 g/mol. The average Bonchev–Trinajstić information content (AvgIpc) is 2.91. The van der Waals surface area contributed by atoms with Crippen molar-refractivity contribution in [2.24, 2.45) is 0 Å². The van der Waals surface area contributed by atoms with Crippen molar-refractivity contribution in [3.8, 4) is 5.75 Å². The van der Waals surface area contributed by atoms with Gasteiger partial charge >= 0.3 is 11.9 Å².